The van der Waals surface area contributed by atoms with E-state index < -0.39 is 4.08 Å². The van der Waals surface area contributed by atoms with Gasteiger partial charge in [0.05, 0.1) is 6.07 Å². The highest BCUT2D eigenvalue weighted by atomic mass is 32.2. The lowest BCUT2D eigenvalue weighted by Crippen LogP contribution is -1.98. The average molecular weight is 119 g/mol. The Bertz CT molecular complexity index is 75.8. The molecule has 0 aromatic rings. The third kappa shape index (κ3) is 4.19. The molecule has 0 bridgehead atoms. The van der Waals surface area contributed by atoms with Gasteiger partial charge in [0.25, 0.3) is 0 Å². The number of rotatable bonds is 0. The molecule has 0 heterocycles. The van der Waals surface area contributed by atoms with E-state index in [2.05, 4.69) is 25.3 Å². The van der Waals surface area contributed by atoms with Gasteiger partial charge in [-0.15, -0.1) is 25.3 Å². The maximum atomic E-state index is 8.00. The normalized spacial score (nSPS) is 10.3. The molecule has 0 aromatic heterocycles. The maximum absolute atomic E-state index is 8.00. The third-order valence-corrected chi connectivity index (χ3v) is 0.412. The summed E-state index contributed by atoms with van der Waals surface area (Å²) < 4.78 is -0.764. The largest absolute Gasteiger partial charge is 0.196 e. The van der Waals surface area contributed by atoms with Crippen LogP contribution in [0.15, 0.2) is 0 Å². The SMILES string of the molecule is CC(S)(S)C#N. The quantitative estimate of drug-likeness (QED) is 0.362. The van der Waals surface area contributed by atoms with Crippen LogP contribution < -0.4 is 0 Å². The van der Waals surface area contributed by atoms with Crippen molar-refractivity contribution in [1.29, 1.82) is 5.26 Å². The fourth-order valence-electron chi connectivity index (χ4n) is 0. The zero-order chi connectivity index (χ0) is 5.21. The molecule has 1 nitrogen and oxygen atoms in total. The van der Waals surface area contributed by atoms with Crippen molar-refractivity contribution in [3.05, 3.63) is 0 Å². The Hall–Kier alpha value is 0.190. The van der Waals surface area contributed by atoms with Crippen LogP contribution in [0, 0.1) is 11.3 Å². The van der Waals surface area contributed by atoms with Crippen LogP contribution in [0.4, 0.5) is 0 Å². The predicted molar refractivity (Wildman–Crippen MR) is 32.0 cm³/mol. The van der Waals surface area contributed by atoms with E-state index in [0.29, 0.717) is 0 Å². The van der Waals surface area contributed by atoms with Crippen molar-refractivity contribution in [2.45, 2.75) is 11.0 Å². The Labute approximate surface area is 48.2 Å². The van der Waals surface area contributed by atoms with Crippen LogP contribution >= 0.6 is 25.3 Å². The molecule has 0 fully saturated rings. The lowest BCUT2D eigenvalue weighted by atomic mass is 10.5. The minimum absolute atomic E-state index is 0.764. The van der Waals surface area contributed by atoms with E-state index in [4.69, 9.17) is 5.26 Å². The van der Waals surface area contributed by atoms with E-state index in [1.165, 1.54) is 0 Å². The summed E-state index contributed by atoms with van der Waals surface area (Å²) in [6.45, 7) is 1.61. The van der Waals surface area contributed by atoms with Crippen LogP contribution in [0.1, 0.15) is 6.92 Å². The first-order valence-electron chi connectivity index (χ1n) is 1.42. The first kappa shape index (κ1) is 6.19. The molecule has 0 aromatic carbocycles. The fourth-order valence-corrected chi connectivity index (χ4v) is 0. The second kappa shape index (κ2) is 1.76. The van der Waals surface area contributed by atoms with Gasteiger partial charge in [-0.1, -0.05) is 0 Å². The standard InChI is InChI=1S/C3H5NS2/c1-3(5,6)2-4/h5-6H,1H3. The van der Waals surface area contributed by atoms with Crippen molar-refractivity contribution < 1.29 is 0 Å². The molecule has 0 saturated heterocycles. The lowest BCUT2D eigenvalue weighted by Gasteiger charge is -1.99. The molecule has 0 aliphatic heterocycles. The van der Waals surface area contributed by atoms with Crippen LogP contribution in [0.3, 0.4) is 0 Å². The molecule has 0 saturated carbocycles. The molecule has 0 N–H and O–H groups in total. The van der Waals surface area contributed by atoms with E-state index in [1.54, 1.807) is 6.92 Å². The summed E-state index contributed by atoms with van der Waals surface area (Å²) in [6.07, 6.45) is 0. The van der Waals surface area contributed by atoms with Crippen molar-refractivity contribution in [3.63, 3.8) is 0 Å². The summed E-state index contributed by atoms with van der Waals surface area (Å²) >= 11 is 7.52. The van der Waals surface area contributed by atoms with Gasteiger partial charge in [-0.3, -0.25) is 0 Å². The van der Waals surface area contributed by atoms with E-state index in [9.17, 15) is 0 Å². The van der Waals surface area contributed by atoms with Crippen molar-refractivity contribution in [2.24, 2.45) is 0 Å². The highest BCUT2D eigenvalue weighted by Gasteiger charge is 2.07. The zero-order valence-corrected chi connectivity index (χ0v) is 5.13. The Morgan fingerprint density at radius 3 is 1.83 bits per heavy atom. The Morgan fingerprint density at radius 1 is 1.67 bits per heavy atom. The van der Waals surface area contributed by atoms with Gasteiger partial charge < -0.3 is 0 Å². The number of thiol groups is 2. The topological polar surface area (TPSA) is 23.8 Å². The molecule has 0 aliphatic rings. The predicted octanol–water partition coefficient (Wildman–Crippen LogP) is 1.09. The molecule has 0 aliphatic carbocycles. The average Bonchev–Trinajstić information content (AvgIpc) is 1.35. The van der Waals surface area contributed by atoms with Gasteiger partial charge in [-0.05, 0) is 6.92 Å². The maximum Gasteiger partial charge on any atom is 0.139 e. The third-order valence-electron chi connectivity index (χ3n) is 0.212. The van der Waals surface area contributed by atoms with Gasteiger partial charge in [-0.25, -0.2) is 0 Å². The first-order valence-corrected chi connectivity index (χ1v) is 2.32. The smallest absolute Gasteiger partial charge is 0.139 e. The summed E-state index contributed by atoms with van der Waals surface area (Å²) in [6, 6.07) is 1.83. The second-order valence-electron chi connectivity index (χ2n) is 1.13. The Kier molecular flexibility index (Phi) is 1.82. The number of hydrogen-bond acceptors (Lipinski definition) is 3. The first-order chi connectivity index (χ1) is 2.56. The molecular formula is C3H5NS2. The van der Waals surface area contributed by atoms with Gasteiger partial charge in [0.2, 0.25) is 0 Å². The van der Waals surface area contributed by atoms with E-state index in [-0.39, 0.29) is 0 Å². The molecule has 0 radical (unpaired) electrons. The summed E-state index contributed by atoms with van der Waals surface area (Å²) in [7, 11) is 0. The zero-order valence-electron chi connectivity index (χ0n) is 3.34. The van der Waals surface area contributed by atoms with E-state index in [1.807, 2.05) is 6.07 Å². The number of nitriles is 1. The minimum atomic E-state index is -0.764. The number of hydrogen-bond donors (Lipinski definition) is 2. The number of nitrogens with zero attached hydrogens (tertiary/aromatic N) is 1. The molecule has 0 amide bonds. The molecule has 0 atom stereocenters. The highest BCUT2D eigenvalue weighted by molar-refractivity contribution is 8.01. The molecule has 0 unspecified atom stereocenters. The molecule has 0 spiro atoms. The highest BCUT2D eigenvalue weighted by Crippen LogP contribution is 2.14. The van der Waals surface area contributed by atoms with Crippen molar-refractivity contribution in [1.82, 2.24) is 0 Å². The summed E-state index contributed by atoms with van der Waals surface area (Å²) in [5.74, 6) is 0. The Morgan fingerprint density at radius 2 is 1.83 bits per heavy atom. The Balaban J connectivity index is 3.55. The van der Waals surface area contributed by atoms with Crippen LogP contribution in [0.25, 0.3) is 0 Å². The molecule has 3 heteroatoms. The lowest BCUT2D eigenvalue weighted by molar-refractivity contribution is 1.18. The molecule has 0 rings (SSSR count). The van der Waals surface area contributed by atoms with E-state index in [0.717, 1.165) is 0 Å². The van der Waals surface area contributed by atoms with Gasteiger partial charge in [-0.2, -0.15) is 5.26 Å². The van der Waals surface area contributed by atoms with Crippen molar-refractivity contribution in [2.75, 3.05) is 0 Å². The summed E-state index contributed by atoms with van der Waals surface area (Å²) in [5, 5.41) is 8.00. The van der Waals surface area contributed by atoms with Gasteiger partial charge in [0.15, 0.2) is 0 Å². The molecule has 34 valence electrons. The van der Waals surface area contributed by atoms with Crippen LogP contribution in [0.5, 0.6) is 0 Å². The van der Waals surface area contributed by atoms with Crippen molar-refractivity contribution >= 4 is 25.3 Å². The van der Waals surface area contributed by atoms with E-state index >= 15 is 0 Å². The van der Waals surface area contributed by atoms with Crippen LogP contribution in [-0.4, -0.2) is 4.08 Å². The van der Waals surface area contributed by atoms with Gasteiger partial charge in [0, 0.05) is 0 Å². The summed E-state index contributed by atoms with van der Waals surface area (Å²) in [5.41, 5.74) is 0. The van der Waals surface area contributed by atoms with Gasteiger partial charge in [0.1, 0.15) is 4.08 Å². The fraction of sp³-hybridized carbons (Fsp3) is 0.667. The molecular weight excluding hydrogens is 114 g/mol. The van der Waals surface area contributed by atoms with Crippen molar-refractivity contribution in [3.8, 4) is 6.07 Å². The second-order valence-corrected chi connectivity index (χ2v) is 3.27. The van der Waals surface area contributed by atoms with Gasteiger partial charge >= 0.3 is 0 Å². The minimum Gasteiger partial charge on any atom is -0.196 e. The monoisotopic (exact) mass is 119 g/mol. The van der Waals surface area contributed by atoms with Crippen LogP contribution in [0.2, 0.25) is 0 Å². The van der Waals surface area contributed by atoms with Crippen LogP contribution in [-0.2, 0) is 0 Å². The summed E-state index contributed by atoms with van der Waals surface area (Å²) in [4.78, 5) is 0. The molecule has 6 heavy (non-hydrogen) atoms.